The summed E-state index contributed by atoms with van der Waals surface area (Å²) in [6, 6.07) is 6.59. The maximum Gasteiger partial charge on any atom is 0.407 e. The van der Waals surface area contributed by atoms with Crippen LogP contribution in [0.3, 0.4) is 0 Å². The minimum atomic E-state index is -0.963. The van der Waals surface area contributed by atoms with Crippen LogP contribution in [0.2, 0.25) is 0 Å². The molecule has 5 heteroatoms. The van der Waals surface area contributed by atoms with Crippen molar-refractivity contribution < 1.29 is 19.4 Å². The van der Waals surface area contributed by atoms with E-state index in [1.807, 2.05) is 6.07 Å². The molecule has 2 N–H and O–H groups in total. The topological polar surface area (TPSA) is 75.6 Å². The van der Waals surface area contributed by atoms with Crippen LogP contribution in [-0.4, -0.2) is 30.3 Å². The fourth-order valence-corrected chi connectivity index (χ4v) is 1.35. The highest BCUT2D eigenvalue weighted by Gasteiger charge is 2.04. The van der Waals surface area contributed by atoms with Gasteiger partial charge in [-0.1, -0.05) is 24.8 Å². The maximum absolute atomic E-state index is 11.1. The zero-order valence-electron chi connectivity index (χ0n) is 9.89. The minimum Gasteiger partial charge on any atom is -0.478 e. The van der Waals surface area contributed by atoms with Gasteiger partial charge in [0.15, 0.2) is 0 Å². The van der Waals surface area contributed by atoms with Crippen LogP contribution >= 0.6 is 0 Å². The highest BCUT2D eigenvalue weighted by atomic mass is 16.5. The van der Waals surface area contributed by atoms with Crippen molar-refractivity contribution in [2.45, 2.75) is 6.42 Å². The van der Waals surface area contributed by atoms with Gasteiger partial charge in [-0.15, -0.1) is 0 Å². The Kier molecular flexibility index (Phi) is 5.44. The molecule has 5 nitrogen and oxygen atoms in total. The highest BCUT2D eigenvalue weighted by Crippen LogP contribution is 2.05. The molecule has 96 valence electrons. The van der Waals surface area contributed by atoms with Gasteiger partial charge in [-0.2, -0.15) is 0 Å². The van der Waals surface area contributed by atoms with Crippen LogP contribution in [0.5, 0.6) is 0 Å². The molecule has 1 amide bonds. The molecule has 0 radical (unpaired) electrons. The number of nitrogens with one attached hydrogen (secondary N) is 1. The van der Waals surface area contributed by atoms with Crippen LogP contribution in [0.15, 0.2) is 36.9 Å². The first-order valence-electron chi connectivity index (χ1n) is 5.47. The van der Waals surface area contributed by atoms with Crippen LogP contribution in [0, 0.1) is 0 Å². The first-order chi connectivity index (χ1) is 8.63. The van der Waals surface area contributed by atoms with Crippen molar-refractivity contribution >= 4 is 12.1 Å². The van der Waals surface area contributed by atoms with Crippen molar-refractivity contribution in [3.8, 4) is 0 Å². The molecule has 1 aromatic rings. The number of alkyl carbamates (subject to hydrolysis) is 1. The predicted octanol–water partition coefficient (Wildman–Crippen LogP) is 1.84. The smallest absolute Gasteiger partial charge is 0.407 e. The Labute approximate surface area is 105 Å². The molecule has 0 heterocycles. The van der Waals surface area contributed by atoms with Crippen LogP contribution in [0.4, 0.5) is 4.79 Å². The second kappa shape index (κ2) is 7.11. The monoisotopic (exact) mass is 249 g/mol. The molecular weight excluding hydrogens is 234 g/mol. The summed E-state index contributed by atoms with van der Waals surface area (Å²) >= 11 is 0. The van der Waals surface area contributed by atoms with Gasteiger partial charge in [-0.3, -0.25) is 0 Å². The van der Waals surface area contributed by atoms with E-state index in [2.05, 4.69) is 11.9 Å². The van der Waals surface area contributed by atoms with Gasteiger partial charge < -0.3 is 15.2 Å². The number of carbonyl (C=O) groups is 2. The summed E-state index contributed by atoms with van der Waals surface area (Å²) in [6.07, 6.45) is 1.52. The fourth-order valence-electron chi connectivity index (χ4n) is 1.35. The number of carboxylic acids is 1. The Morgan fingerprint density at radius 3 is 2.89 bits per heavy atom. The average molecular weight is 249 g/mol. The lowest BCUT2D eigenvalue weighted by molar-refractivity contribution is 0.0696. The molecular formula is C13H15NO4. The summed E-state index contributed by atoms with van der Waals surface area (Å²) in [5.41, 5.74) is 1.08. The number of hydrogen-bond acceptors (Lipinski definition) is 3. The zero-order chi connectivity index (χ0) is 13.4. The van der Waals surface area contributed by atoms with Crippen molar-refractivity contribution in [1.82, 2.24) is 5.32 Å². The molecule has 0 aliphatic heterocycles. The number of carbonyl (C=O) groups excluding carboxylic acids is 1. The SMILES string of the molecule is C=CCOC(=O)NCCc1cccc(C(=O)O)c1. The van der Waals surface area contributed by atoms with Crippen LogP contribution < -0.4 is 5.32 Å². The number of benzene rings is 1. The second-order valence-corrected chi connectivity index (χ2v) is 3.57. The molecule has 0 bridgehead atoms. The van der Waals surface area contributed by atoms with E-state index in [4.69, 9.17) is 9.84 Å². The number of aromatic carboxylic acids is 1. The van der Waals surface area contributed by atoms with Crippen molar-refractivity contribution in [2.24, 2.45) is 0 Å². The van der Waals surface area contributed by atoms with E-state index in [0.717, 1.165) is 5.56 Å². The standard InChI is InChI=1S/C13H15NO4/c1-2-8-18-13(17)14-7-6-10-4-3-5-11(9-10)12(15)16/h2-5,9H,1,6-8H2,(H,14,17)(H,15,16). The van der Waals surface area contributed by atoms with Gasteiger partial charge in [0.05, 0.1) is 5.56 Å². The van der Waals surface area contributed by atoms with Gasteiger partial charge in [0.1, 0.15) is 6.61 Å². The highest BCUT2D eigenvalue weighted by molar-refractivity contribution is 5.87. The summed E-state index contributed by atoms with van der Waals surface area (Å²) in [6.45, 7) is 3.98. The molecule has 0 atom stereocenters. The van der Waals surface area contributed by atoms with Gasteiger partial charge in [-0.25, -0.2) is 9.59 Å². The van der Waals surface area contributed by atoms with Crippen LogP contribution in [0.1, 0.15) is 15.9 Å². The Hall–Kier alpha value is -2.30. The number of hydrogen-bond donors (Lipinski definition) is 2. The third kappa shape index (κ3) is 4.69. The van der Waals surface area contributed by atoms with E-state index in [-0.39, 0.29) is 12.2 Å². The van der Waals surface area contributed by atoms with Crippen molar-refractivity contribution in [3.05, 3.63) is 48.0 Å². The minimum absolute atomic E-state index is 0.167. The van der Waals surface area contributed by atoms with E-state index in [9.17, 15) is 9.59 Å². The molecule has 0 saturated carbocycles. The Morgan fingerprint density at radius 1 is 1.44 bits per heavy atom. The first kappa shape index (κ1) is 13.8. The van der Waals surface area contributed by atoms with Crippen molar-refractivity contribution in [1.29, 1.82) is 0 Å². The fraction of sp³-hybridized carbons (Fsp3) is 0.231. The second-order valence-electron chi connectivity index (χ2n) is 3.57. The Morgan fingerprint density at radius 2 is 2.22 bits per heavy atom. The molecule has 0 saturated heterocycles. The third-order valence-corrected chi connectivity index (χ3v) is 2.19. The average Bonchev–Trinajstić information content (AvgIpc) is 2.36. The summed E-state index contributed by atoms with van der Waals surface area (Å²) in [5, 5.41) is 11.4. The normalized spacial score (nSPS) is 9.56. The largest absolute Gasteiger partial charge is 0.478 e. The predicted molar refractivity (Wildman–Crippen MR) is 66.7 cm³/mol. The molecule has 1 aromatic carbocycles. The zero-order valence-corrected chi connectivity index (χ0v) is 9.89. The molecule has 0 spiro atoms. The van der Waals surface area contributed by atoms with E-state index < -0.39 is 12.1 Å². The Bertz CT molecular complexity index is 442. The molecule has 0 fully saturated rings. The summed E-state index contributed by atoms with van der Waals surface area (Å²) in [4.78, 5) is 21.8. The van der Waals surface area contributed by atoms with Crippen molar-refractivity contribution in [2.75, 3.05) is 13.2 Å². The Balaban J connectivity index is 2.39. The number of amides is 1. The molecule has 0 unspecified atom stereocenters. The van der Waals surface area contributed by atoms with Crippen molar-refractivity contribution in [3.63, 3.8) is 0 Å². The lowest BCUT2D eigenvalue weighted by Crippen LogP contribution is -2.26. The van der Waals surface area contributed by atoms with Crippen LogP contribution in [-0.2, 0) is 11.2 Å². The van der Waals surface area contributed by atoms with E-state index in [1.54, 1.807) is 12.1 Å². The lowest BCUT2D eigenvalue weighted by atomic mass is 10.1. The lowest BCUT2D eigenvalue weighted by Gasteiger charge is -2.05. The molecule has 0 aliphatic rings. The van der Waals surface area contributed by atoms with Gasteiger partial charge >= 0.3 is 12.1 Å². The van der Waals surface area contributed by atoms with Gasteiger partial charge in [-0.05, 0) is 24.1 Å². The van der Waals surface area contributed by atoms with E-state index >= 15 is 0 Å². The molecule has 0 aromatic heterocycles. The van der Waals surface area contributed by atoms with E-state index in [1.165, 1.54) is 12.1 Å². The summed E-state index contributed by atoms with van der Waals surface area (Å²) in [5.74, 6) is -0.963. The number of carboxylic acid groups (broad SMARTS) is 1. The number of ether oxygens (including phenoxy) is 1. The number of rotatable bonds is 6. The molecule has 18 heavy (non-hydrogen) atoms. The molecule has 1 rings (SSSR count). The third-order valence-electron chi connectivity index (χ3n) is 2.19. The quantitative estimate of drug-likeness (QED) is 0.754. The van der Waals surface area contributed by atoms with Gasteiger partial charge in [0, 0.05) is 6.54 Å². The maximum atomic E-state index is 11.1. The van der Waals surface area contributed by atoms with Crippen LogP contribution in [0.25, 0.3) is 0 Å². The first-order valence-corrected chi connectivity index (χ1v) is 5.47. The van der Waals surface area contributed by atoms with Gasteiger partial charge in [0.2, 0.25) is 0 Å². The summed E-state index contributed by atoms with van der Waals surface area (Å²) < 4.78 is 4.73. The molecule has 0 aliphatic carbocycles. The van der Waals surface area contributed by atoms with E-state index in [0.29, 0.717) is 13.0 Å². The summed E-state index contributed by atoms with van der Waals surface area (Å²) in [7, 11) is 0. The van der Waals surface area contributed by atoms with Gasteiger partial charge in [0.25, 0.3) is 0 Å².